The largest absolute Gasteiger partial charge is 0.381 e. The molecule has 0 bridgehead atoms. The Labute approximate surface area is 153 Å². The van der Waals surface area contributed by atoms with Gasteiger partial charge in [-0.25, -0.2) is 8.42 Å². The van der Waals surface area contributed by atoms with Crippen LogP contribution in [0.1, 0.15) is 44.9 Å². The highest BCUT2D eigenvalue weighted by molar-refractivity contribution is 7.90. The van der Waals surface area contributed by atoms with Crippen LogP contribution in [0.5, 0.6) is 0 Å². The van der Waals surface area contributed by atoms with Crippen molar-refractivity contribution in [1.82, 2.24) is 5.32 Å². The summed E-state index contributed by atoms with van der Waals surface area (Å²) in [7, 11) is -1.02. The molecule has 152 valence electrons. The molecule has 0 fully saturated rings. The average molecular weight is 383 g/mol. The number of carbonyl (C=O) groups excluding carboxylic acids is 1. The van der Waals surface area contributed by atoms with Gasteiger partial charge >= 0.3 is 0 Å². The van der Waals surface area contributed by atoms with E-state index in [4.69, 9.17) is 15.2 Å². The third-order valence-electron chi connectivity index (χ3n) is 3.19. The Bertz CT molecular complexity index is 364. The minimum Gasteiger partial charge on any atom is -0.381 e. The Kier molecular flexibility index (Phi) is 23.0. The molecule has 0 unspecified atom stereocenters. The number of nitrogens with one attached hydrogen (secondary N) is 1. The second-order valence-electron chi connectivity index (χ2n) is 5.82. The van der Waals surface area contributed by atoms with Gasteiger partial charge in [0.05, 0.1) is 19.0 Å². The van der Waals surface area contributed by atoms with Crippen LogP contribution >= 0.6 is 0 Å². The summed E-state index contributed by atoms with van der Waals surface area (Å²) < 4.78 is 31.3. The number of hydrogen-bond acceptors (Lipinski definition) is 7. The molecule has 0 saturated heterocycles. The molecule has 25 heavy (non-hydrogen) atoms. The summed E-state index contributed by atoms with van der Waals surface area (Å²) >= 11 is 0. The van der Waals surface area contributed by atoms with Gasteiger partial charge in [0, 0.05) is 39.0 Å². The van der Waals surface area contributed by atoms with Crippen LogP contribution in [0.2, 0.25) is 0 Å². The molecule has 8 heteroatoms. The van der Waals surface area contributed by atoms with Crippen molar-refractivity contribution >= 4 is 16.1 Å². The van der Waals surface area contributed by atoms with E-state index in [9.17, 15) is 13.2 Å². The lowest BCUT2D eigenvalue weighted by molar-refractivity contribution is -0.108. The number of ether oxygens (including phenoxy) is 2. The van der Waals surface area contributed by atoms with Gasteiger partial charge in [0.25, 0.3) is 0 Å². The molecule has 0 aliphatic heterocycles. The zero-order valence-corrected chi connectivity index (χ0v) is 16.8. The highest BCUT2D eigenvalue weighted by Crippen LogP contribution is 2.05. The summed E-state index contributed by atoms with van der Waals surface area (Å²) in [5.74, 6) is 0.226. The zero-order valence-electron chi connectivity index (χ0n) is 16.0. The monoisotopic (exact) mass is 382 g/mol. The van der Waals surface area contributed by atoms with Crippen LogP contribution in [0.25, 0.3) is 0 Å². The fraction of sp³-hybridized carbons (Fsp3) is 0.941. The molecular formula is C17H38N2O5S. The zero-order chi connectivity index (χ0) is 19.2. The number of aldehydes is 1. The van der Waals surface area contributed by atoms with Crippen molar-refractivity contribution in [2.75, 3.05) is 58.6 Å². The average Bonchev–Trinajstić information content (AvgIpc) is 2.57. The van der Waals surface area contributed by atoms with E-state index in [1.165, 1.54) is 31.9 Å². The summed E-state index contributed by atoms with van der Waals surface area (Å²) in [6, 6.07) is 0. The van der Waals surface area contributed by atoms with E-state index >= 15 is 0 Å². The van der Waals surface area contributed by atoms with Crippen molar-refractivity contribution in [1.29, 1.82) is 0 Å². The van der Waals surface area contributed by atoms with E-state index in [1.54, 1.807) is 7.05 Å². The van der Waals surface area contributed by atoms with Crippen molar-refractivity contribution in [3.8, 4) is 0 Å². The Morgan fingerprint density at radius 3 is 1.84 bits per heavy atom. The Balaban J connectivity index is 0. The molecule has 7 nitrogen and oxygen atoms in total. The van der Waals surface area contributed by atoms with Gasteiger partial charge in [0.2, 0.25) is 0 Å². The van der Waals surface area contributed by atoms with Gasteiger partial charge in [-0.05, 0) is 19.9 Å². The van der Waals surface area contributed by atoms with E-state index in [1.807, 2.05) is 0 Å². The van der Waals surface area contributed by atoms with Gasteiger partial charge in [-0.1, -0.05) is 25.7 Å². The van der Waals surface area contributed by atoms with Gasteiger partial charge in [-0.15, -0.1) is 0 Å². The van der Waals surface area contributed by atoms with Crippen molar-refractivity contribution in [2.24, 2.45) is 5.73 Å². The fourth-order valence-electron chi connectivity index (χ4n) is 1.82. The number of nitrogens with two attached hydrogens (primary N) is 1. The van der Waals surface area contributed by atoms with Crippen LogP contribution in [0.4, 0.5) is 0 Å². The third-order valence-corrected chi connectivity index (χ3v) is 4.14. The third kappa shape index (κ3) is 31.7. The predicted octanol–water partition coefficient (Wildman–Crippen LogP) is 1.16. The Hall–Kier alpha value is -0.540. The number of carbonyl (C=O) groups is 1. The summed E-state index contributed by atoms with van der Waals surface area (Å²) in [5, 5.41) is 2.75. The first kappa shape index (κ1) is 26.7. The van der Waals surface area contributed by atoms with E-state index in [2.05, 4.69) is 5.32 Å². The molecule has 0 rings (SSSR count). The molecule has 0 aromatic heterocycles. The molecule has 3 N–H and O–H groups in total. The molecule has 0 aromatic rings. The molecule has 0 amide bonds. The number of rotatable bonds is 17. The minimum atomic E-state index is -2.75. The number of sulfone groups is 1. The second kappa shape index (κ2) is 21.5. The van der Waals surface area contributed by atoms with Crippen molar-refractivity contribution in [3.63, 3.8) is 0 Å². The fourth-order valence-corrected chi connectivity index (χ4v) is 2.40. The van der Waals surface area contributed by atoms with Crippen molar-refractivity contribution < 1.29 is 22.7 Å². The first-order chi connectivity index (χ1) is 12.0. The van der Waals surface area contributed by atoms with Gasteiger partial charge in [0.1, 0.15) is 16.1 Å². The highest BCUT2D eigenvalue weighted by Gasteiger charge is 1.97. The molecule has 0 spiro atoms. The molecule has 0 atom stereocenters. The summed E-state index contributed by atoms with van der Waals surface area (Å²) in [5.41, 5.74) is 5.31. The standard InChI is InChI=1S/C13H27NO3.C4H11NO2S/c14-8-13-17-11-6-4-2-1-3-5-10-16-12-7-9-15;1-5-3-4-8(2,6)7/h9H,1-8,10-14H2;5H,3-4H2,1-2H3. The van der Waals surface area contributed by atoms with Crippen molar-refractivity contribution in [2.45, 2.75) is 44.9 Å². The molecule has 0 heterocycles. The lowest BCUT2D eigenvalue weighted by atomic mass is 10.1. The lowest BCUT2D eigenvalue weighted by Crippen LogP contribution is -2.17. The maximum absolute atomic E-state index is 10.4. The maximum Gasteiger partial charge on any atom is 0.148 e. The lowest BCUT2D eigenvalue weighted by Gasteiger charge is -2.03. The summed E-state index contributed by atoms with van der Waals surface area (Å²) in [6.07, 6.45) is 9.84. The molecular weight excluding hydrogens is 344 g/mol. The SMILES string of the molecule is CNCCS(C)(=O)=O.NCCOCCCCCCCCOCCC=O. The quantitative estimate of drug-likeness (QED) is 0.287. The maximum atomic E-state index is 10.4. The van der Waals surface area contributed by atoms with Crippen LogP contribution in [0, 0.1) is 0 Å². The molecule has 0 aromatic carbocycles. The highest BCUT2D eigenvalue weighted by atomic mass is 32.2. The first-order valence-corrected chi connectivity index (χ1v) is 11.2. The van der Waals surface area contributed by atoms with E-state index in [-0.39, 0.29) is 5.75 Å². The Morgan fingerprint density at radius 1 is 0.920 bits per heavy atom. The van der Waals surface area contributed by atoms with Crippen LogP contribution in [-0.2, 0) is 24.1 Å². The first-order valence-electron chi connectivity index (χ1n) is 9.09. The summed E-state index contributed by atoms with van der Waals surface area (Å²) in [6.45, 7) is 4.03. The van der Waals surface area contributed by atoms with E-state index < -0.39 is 9.84 Å². The van der Waals surface area contributed by atoms with Gasteiger partial charge < -0.3 is 25.3 Å². The van der Waals surface area contributed by atoms with E-state index in [0.717, 1.165) is 32.3 Å². The van der Waals surface area contributed by atoms with Crippen LogP contribution in [-0.4, -0.2) is 73.3 Å². The topological polar surface area (TPSA) is 108 Å². The second-order valence-corrected chi connectivity index (χ2v) is 8.08. The number of hydrogen-bond donors (Lipinski definition) is 2. The predicted molar refractivity (Wildman–Crippen MR) is 103 cm³/mol. The van der Waals surface area contributed by atoms with Gasteiger partial charge in [0.15, 0.2) is 0 Å². The molecule has 0 radical (unpaired) electrons. The van der Waals surface area contributed by atoms with Crippen LogP contribution in [0.15, 0.2) is 0 Å². The smallest absolute Gasteiger partial charge is 0.148 e. The van der Waals surface area contributed by atoms with Crippen LogP contribution < -0.4 is 11.1 Å². The number of unbranched alkanes of at least 4 members (excludes halogenated alkanes) is 5. The molecule has 0 saturated carbocycles. The summed E-state index contributed by atoms with van der Waals surface area (Å²) in [4.78, 5) is 10.0. The Morgan fingerprint density at radius 2 is 1.44 bits per heavy atom. The van der Waals surface area contributed by atoms with E-state index in [0.29, 0.717) is 32.7 Å². The normalized spacial score (nSPS) is 11.0. The van der Waals surface area contributed by atoms with Gasteiger partial charge in [-0.2, -0.15) is 0 Å². The molecule has 0 aliphatic carbocycles. The van der Waals surface area contributed by atoms with Crippen molar-refractivity contribution in [3.05, 3.63) is 0 Å². The minimum absolute atomic E-state index is 0.226. The van der Waals surface area contributed by atoms with Crippen LogP contribution in [0.3, 0.4) is 0 Å². The van der Waals surface area contributed by atoms with Gasteiger partial charge in [-0.3, -0.25) is 0 Å². The molecule has 0 aliphatic rings.